The lowest BCUT2D eigenvalue weighted by atomic mass is 9.91. The van der Waals surface area contributed by atoms with Gasteiger partial charge in [0, 0.05) is 10.6 Å². The zero-order valence-electron chi connectivity index (χ0n) is 19.2. The third-order valence-electron chi connectivity index (χ3n) is 4.80. The predicted molar refractivity (Wildman–Crippen MR) is 129 cm³/mol. The number of hydrogen-bond acceptors (Lipinski definition) is 5. The van der Waals surface area contributed by atoms with Gasteiger partial charge in [-0.05, 0) is 83.4 Å². The summed E-state index contributed by atoms with van der Waals surface area (Å²) in [5, 5.41) is 0.681. The van der Waals surface area contributed by atoms with Crippen molar-refractivity contribution >= 4 is 39.1 Å². The van der Waals surface area contributed by atoms with Crippen molar-refractivity contribution in [3.8, 4) is 11.1 Å². The van der Waals surface area contributed by atoms with E-state index in [4.69, 9.17) is 21.1 Å². The topological polar surface area (TPSA) is 48.4 Å². The number of fused-ring (bicyclic) bond motifs is 1. The molecule has 0 aliphatic heterocycles. The Balaban J connectivity index is 2.17. The number of ether oxygens (including phenoxy) is 2. The second kappa shape index (κ2) is 8.89. The molecule has 0 saturated carbocycles. The Morgan fingerprint density at radius 1 is 1.13 bits per heavy atom. The number of hydrogen-bond donors (Lipinski definition) is 0. The first kappa shape index (κ1) is 23.7. The molecule has 0 bridgehead atoms. The molecule has 1 atom stereocenters. The molecule has 0 unspecified atom stereocenters. The molecule has 2 aromatic carbocycles. The van der Waals surface area contributed by atoms with Crippen LogP contribution in [0.3, 0.4) is 0 Å². The Bertz CT molecular complexity index is 1080. The average Bonchev–Trinajstić information content (AvgIpc) is 3.11. The van der Waals surface area contributed by atoms with Crippen molar-refractivity contribution in [2.45, 2.75) is 60.2 Å². The fourth-order valence-corrected chi connectivity index (χ4v) is 4.41. The minimum Gasteiger partial charge on any atom is -0.462 e. The van der Waals surface area contributed by atoms with E-state index in [2.05, 4.69) is 18.0 Å². The number of halogens is 1. The molecule has 0 radical (unpaired) electrons. The summed E-state index contributed by atoms with van der Waals surface area (Å²) in [6.07, 6.45) is -0.427. The van der Waals surface area contributed by atoms with Gasteiger partial charge in [-0.2, -0.15) is 0 Å². The normalized spacial score (nSPS) is 13.4. The molecule has 0 amide bonds. The van der Waals surface area contributed by atoms with E-state index in [-0.39, 0.29) is 12.6 Å². The van der Waals surface area contributed by atoms with E-state index in [0.29, 0.717) is 5.02 Å². The maximum atomic E-state index is 12.5. The van der Waals surface area contributed by atoms with Crippen molar-refractivity contribution in [3.05, 3.63) is 52.0 Å². The molecule has 3 rings (SSSR count). The monoisotopic (exact) mass is 459 g/mol. The van der Waals surface area contributed by atoms with Crippen LogP contribution in [0.2, 0.25) is 5.02 Å². The van der Waals surface area contributed by atoms with Crippen LogP contribution in [0.1, 0.15) is 58.8 Å². The highest BCUT2D eigenvalue weighted by atomic mass is 35.5. The van der Waals surface area contributed by atoms with Crippen molar-refractivity contribution in [2.75, 3.05) is 6.61 Å². The summed E-state index contributed by atoms with van der Waals surface area (Å²) in [4.78, 5) is 17.0. The van der Waals surface area contributed by atoms with Gasteiger partial charge < -0.3 is 9.47 Å². The Morgan fingerprint density at radius 2 is 1.77 bits per heavy atom. The number of aromatic nitrogens is 1. The molecule has 3 aromatic rings. The molecule has 0 fully saturated rings. The van der Waals surface area contributed by atoms with E-state index in [1.54, 1.807) is 11.3 Å². The van der Waals surface area contributed by atoms with Crippen LogP contribution in [0.5, 0.6) is 0 Å². The Labute approximate surface area is 193 Å². The van der Waals surface area contributed by atoms with Crippen LogP contribution in [0, 0.1) is 12.3 Å². The van der Waals surface area contributed by atoms with E-state index < -0.39 is 17.1 Å². The van der Waals surface area contributed by atoms with E-state index in [9.17, 15) is 4.79 Å². The van der Waals surface area contributed by atoms with Gasteiger partial charge in [-0.25, -0.2) is 4.98 Å². The number of thiazole rings is 1. The second-order valence-corrected chi connectivity index (χ2v) is 11.0. The number of carbonyl (C=O) groups excluding carboxylic acids is 1. The Hall–Kier alpha value is -1.95. The van der Waals surface area contributed by atoms with Crippen molar-refractivity contribution in [1.29, 1.82) is 0 Å². The third kappa shape index (κ3) is 5.65. The van der Waals surface area contributed by atoms with Gasteiger partial charge in [-0.15, -0.1) is 11.3 Å². The Morgan fingerprint density at radius 3 is 2.35 bits per heavy atom. The number of benzene rings is 2. The SMILES string of the molecule is Cc1cc2ncsc2c(-c2ccc(Cl)cc2)c1[C@@H](COC(=O)C(C)(C)C)OC(C)(C)C. The van der Waals surface area contributed by atoms with E-state index in [1.807, 2.05) is 71.3 Å². The fourth-order valence-electron chi connectivity index (χ4n) is 3.44. The van der Waals surface area contributed by atoms with Crippen molar-refractivity contribution in [2.24, 2.45) is 5.41 Å². The molecule has 0 aliphatic rings. The zero-order chi connectivity index (χ0) is 23.0. The smallest absolute Gasteiger partial charge is 0.311 e. The van der Waals surface area contributed by atoms with Crippen LogP contribution in [-0.4, -0.2) is 23.2 Å². The molecular weight excluding hydrogens is 430 g/mol. The van der Waals surface area contributed by atoms with Crippen LogP contribution in [-0.2, 0) is 14.3 Å². The summed E-state index contributed by atoms with van der Waals surface area (Å²) in [5.74, 6) is -0.250. The van der Waals surface area contributed by atoms with Crippen LogP contribution >= 0.6 is 22.9 Å². The van der Waals surface area contributed by atoms with Gasteiger partial charge in [-0.1, -0.05) is 23.7 Å². The predicted octanol–water partition coefficient (Wildman–Crippen LogP) is 7.37. The molecule has 6 heteroatoms. The molecule has 0 saturated heterocycles. The number of nitrogens with zero attached hydrogens (tertiary/aromatic N) is 1. The number of rotatable bonds is 5. The summed E-state index contributed by atoms with van der Waals surface area (Å²) in [6.45, 7) is 13.8. The van der Waals surface area contributed by atoms with Crippen LogP contribution in [0.4, 0.5) is 0 Å². The van der Waals surface area contributed by atoms with Gasteiger partial charge in [0.25, 0.3) is 0 Å². The highest BCUT2D eigenvalue weighted by Gasteiger charge is 2.30. The van der Waals surface area contributed by atoms with Crippen molar-refractivity contribution in [3.63, 3.8) is 0 Å². The molecule has 0 spiro atoms. The number of carbonyl (C=O) groups is 1. The quantitative estimate of drug-likeness (QED) is 0.373. The van der Waals surface area contributed by atoms with Gasteiger partial charge >= 0.3 is 5.97 Å². The van der Waals surface area contributed by atoms with Crippen LogP contribution in [0.25, 0.3) is 21.3 Å². The van der Waals surface area contributed by atoms with Gasteiger partial charge in [0.05, 0.1) is 26.7 Å². The van der Waals surface area contributed by atoms with Gasteiger partial charge in [0.2, 0.25) is 0 Å². The number of aryl methyl sites for hydroxylation is 1. The maximum absolute atomic E-state index is 12.5. The van der Waals surface area contributed by atoms with Gasteiger partial charge in [0.1, 0.15) is 12.7 Å². The maximum Gasteiger partial charge on any atom is 0.311 e. The van der Waals surface area contributed by atoms with Crippen molar-refractivity contribution in [1.82, 2.24) is 4.98 Å². The summed E-state index contributed by atoms with van der Waals surface area (Å²) < 4.78 is 13.3. The minimum absolute atomic E-state index is 0.138. The average molecular weight is 460 g/mol. The molecule has 1 heterocycles. The lowest BCUT2D eigenvalue weighted by molar-refractivity contribution is -0.162. The first-order valence-corrected chi connectivity index (χ1v) is 11.6. The molecular formula is C25H30ClNO3S. The molecule has 1 aromatic heterocycles. The summed E-state index contributed by atoms with van der Waals surface area (Å²) in [7, 11) is 0. The zero-order valence-corrected chi connectivity index (χ0v) is 20.8. The summed E-state index contributed by atoms with van der Waals surface area (Å²) >= 11 is 7.74. The third-order valence-corrected chi connectivity index (χ3v) is 5.91. The van der Waals surface area contributed by atoms with Crippen LogP contribution in [0.15, 0.2) is 35.8 Å². The van der Waals surface area contributed by atoms with E-state index in [0.717, 1.165) is 32.5 Å². The first-order valence-electron chi connectivity index (χ1n) is 10.3. The second-order valence-electron chi connectivity index (χ2n) is 9.76. The lowest BCUT2D eigenvalue weighted by Gasteiger charge is -2.31. The van der Waals surface area contributed by atoms with E-state index in [1.165, 1.54) is 0 Å². The number of esters is 1. The lowest BCUT2D eigenvalue weighted by Crippen LogP contribution is -2.30. The molecule has 31 heavy (non-hydrogen) atoms. The first-order chi connectivity index (χ1) is 14.4. The summed E-state index contributed by atoms with van der Waals surface area (Å²) in [5.41, 5.74) is 5.93. The van der Waals surface area contributed by atoms with Gasteiger partial charge in [0.15, 0.2) is 0 Å². The minimum atomic E-state index is -0.581. The standard InChI is InChI=1S/C25H30ClNO3S/c1-15-12-18-22(31-14-27-18)21(16-8-10-17(26)11-9-16)20(15)19(30-25(5,6)7)13-29-23(28)24(2,3)4/h8-12,14,19H,13H2,1-7H3/t19-/m1/s1. The molecule has 0 N–H and O–H groups in total. The highest BCUT2D eigenvalue weighted by molar-refractivity contribution is 7.17. The Kier molecular flexibility index (Phi) is 6.80. The van der Waals surface area contributed by atoms with E-state index >= 15 is 0 Å². The molecule has 4 nitrogen and oxygen atoms in total. The highest BCUT2D eigenvalue weighted by Crippen LogP contribution is 2.42. The summed E-state index contributed by atoms with van der Waals surface area (Å²) in [6, 6.07) is 9.86. The fraction of sp³-hybridized carbons (Fsp3) is 0.440. The van der Waals surface area contributed by atoms with Gasteiger partial charge in [-0.3, -0.25) is 4.79 Å². The largest absolute Gasteiger partial charge is 0.462 e. The van der Waals surface area contributed by atoms with Crippen molar-refractivity contribution < 1.29 is 14.3 Å². The van der Waals surface area contributed by atoms with Crippen LogP contribution < -0.4 is 0 Å². The molecule has 166 valence electrons. The molecule has 0 aliphatic carbocycles.